The smallest absolute Gasteiger partial charge is 0.255 e. The zero-order valence-electron chi connectivity index (χ0n) is 18.2. The number of hydrogen-bond donors (Lipinski definition) is 1. The molecule has 2 heterocycles. The van der Waals surface area contributed by atoms with E-state index >= 15 is 0 Å². The fourth-order valence-corrected chi connectivity index (χ4v) is 5.19. The lowest BCUT2D eigenvalue weighted by Crippen LogP contribution is -2.40. The third-order valence-electron chi connectivity index (χ3n) is 7.10. The molecule has 0 unspecified atom stereocenters. The molecule has 0 spiro atoms. The Morgan fingerprint density at radius 2 is 1.83 bits per heavy atom. The van der Waals surface area contributed by atoms with Gasteiger partial charge < -0.3 is 14.8 Å². The van der Waals surface area contributed by atoms with Crippen molar-refractivity contribution in [3.8, 4) is 0 Å². The Labute approximate surface area is 179 Å². The first-order chi connectivity index (χ1) is 14.6. The maximum Gasteiger partial charge on any atom is 0.255 e. The molecular weight excluding hydrogens is 374 g/mol. The van der Waals surface area contributed by atoms with Crippen LogP contribution in [0.25, 0.3) is 10.9 Å². The first kappa shape index (κ1) is 21.1. The van der Waals surface area contributed by atoms with Crippen molar-refractivity contribution in [2.45, 2.75) is 57.9 Å². The Bertz CT molecular complexity index is 924. The van der Waals surface area contributed by atoms with Crippen LogP contribution in [-0.4, -0.2) is 35.0 Å². The molecule has 0 bridgehead atoms. The van der Waals surface area contributed by atoms with Gasteiger partial charge in [0.05, 0.1) is 12.1 Å². The monoisotopic (exact) mass is 409 g/mol. The van der Waals surface area contributed by atoms with Gasteiger partial charge in [-0.3, -0.25) is 9.59 Å². The van der Waals surface area contributed by atoms with E-state index in [1.807, 2.05) is 42.3 Å². The van der Waals surface area contributed by atoms with Crippen LogP contribution in [0.15, 0.2) is 35.1 Å². The minimum absolute atomic E-state index is 0.0111. The molecule has 2 aliphatic rings. The molecule has 1 N–H and O–H groups in total. The Morgan fingerprint density at radius 1 is 1.10 bits per heavy atom. The predicted octanol–water partition coefficient (Wildman–Crippen LogP) is 3.84. The highest BCUT2D eigenvalue weighted by Gasteiger charge is 2.27. The first-order valence-electron chi connectivity index (χ1n) is 11.7. The van der Waals surface area contributed by atoms with Crippen molar-refractivity contribution < 1.29 is 4.79 Å². The molecule has 1 aromatic heterocycles. The van der Waals surface area contributed by atoms with E-state index in [0.29, 0.717) is 12.5 Å². The van der Waals surface area contributed by atoms with E-state index in [9.17, 15) is 9.59 Å². The van der Waals surface area contributed by atoms with Crippen molar-refractivity contribution in [1.82, 2.24) is 14.8 Å². The second-order valence-electron chi connectivity index (χ2n) is 9.17. The molecule has 1 aliphatic heterocycles. The highest BCUT2D eigenvalue weighted by atomic mass is 16.2. The maximum atomic E-state index is 13.4. The van der Waals surface area contributed by atoms with E-state index in [2.05, 4.69) is 5.32 Å². The van der Waals surface area contributed by atoms with Gasteiger partial charge in [0.1, 0.15) is 0 Å². The number of para-hydroxylation sites is 1. The summed E-state index contributed by atoms with van der Waals surface area (Å²) in [7, 11) is 1.83. The number of pyridine rings is 1. The third-order valence-corrected chi connectivity index (χ3v) is 7.10. The number of nitrogens with one attached hydrogen (secondary N) is 1. The highest BCUT2D eigenvalue weighted by molar-refractivity contribution is 5.81. The Kier molecular flexibility index (Phi) is 6.88. The summed E-state index contributed by atoms with van der Waals surface area (Å²) in [5.74, 6) is 1.07. The van der Waals surface area contributed by atoms with Gasteiger partial charge in [-0.2, -0.15) is 0 Å². The summed E-state index contributed by atoms with van der Waals surface area (Å²) in [5.41, 5.74) is 1.67. The van der Waals surface area contributed by atoms with E-state index < -0.39 is 0 Å². The molecule has 1 amide bonds. The van der Waals surface area contributed by atoms with Crippen LogP contribution in [0.1, 0.15) is 56.9 Å². The van der Waals surface area contributed by atoms with Crippen molar-refractivity contribution in [1.29, 1.82) is 0 Å². The fourth-order valence-electron chi connectivity index (χ4n) is 5.19. The second-order valence-corrected chi connectivity index (χ2v) is 9.17. The van der Waals surface area contributed by atoms with Crippen LogP contribution >= 0.6 is 0 Å². The number of piperidine rings is 1. The molecule has 0 atom stereocenters. The van der Waals surface area contributed by atoms with E-state index in [1.54, 1.807) is 4.57 Å². The van der Waals surface area contributed by atoms with Gasteiger partial charge in [0, 0.05) is 25.1 Å². The lowest BCUT2D eigenvalue weighted by Gasteiger charge is -2.31. The number of nitrogens with zero attached hydrogens (tertiary/aromatic N) is 2. The lowest BCUT2D eigenvalue weighted by molar-refractivity contribution is -0.137. The number of carbonyl (C=O) groups excluding carboxylic acids is 1. The Morgan fingerprint density at radius 3 is 2.60 bits per heavy atom. The molecule has 30 heavy (non-hydrogen) atoms. The van der Waals surface area contributed by atoms with Crippen LogP contribution in [0, 0.1) is 11.8 Å². The molecule has 1 aliphatic carbocycles. The van der Waals surface area contributed by atoms with Gasteiger partial charge in [-0.05, 0) is 68.6 Å². The molecule has 0 radical (unpaired) electrons. The topological polar surface area (TPSA) is 54.3 Å². The van der Waals surface area contributed by atoms with Crippen molar-refractivity contribution in [3.63, 3.8) is 0 Å². The summed E-state index contributed by atoms with van der Waals surface area (Å²) in [6.45, 7) is 3.34. The molecule has 1 saturated heterocycles. The normalized spacial score (nSPS) is 18.6. The van der Waals surface area contributed by atoms with Crippen molar-refractivity contribution >= 4 is 16.8 Å². The van der Waals surface area contributed by atoms with Gasteiger partial charge in [-0.25, -0.2) is 0 Å². The van der Waals surface area contributed by atoms with Crippen LogP contribution in [0.4, 0.5) is 0 Å². The standard InChI is InChI=1S/C25H35N3O2/c1-27-23-10-6-5-9-21(23)17-22(24(27)29)18-28(16-13-19-11-14-26-15-12-19)25(30)20-7-3-2-4-8-20/h5-6,9-10,17,19-20,26H,2-4,7-8,11-16,18H2,1H3. The number of aromatic nitrogens is 1. The molecule has 162 valence electrons. The van der Waals surface area contributed by atoms with Crippen LogP contribution in [0.3, 0.4) is 0 Å². The van der Waals surface area contributed by atoms with Gasteiger partial charge in [0.25, 0.3) is 5.56 Å². The molecule has 5 nitrogen and oxygen atoms in total. The fraction of sp³-hybridized carbons (Fsp3) is 0.600. The van der Waals surface area contributed by atoms with Gasteiger partial charge in [-0.15, -0.1) is 0 Å². The number of aryl methyl sites for hydroxylation is 1. The zero-order chi connectivity index (χ0) is 20.9. The number of rotatable bonds is 6. The number of benzene rings is 1. The van der Waals surface area contributed by atoms with Gasteiger partial charge in [-0.1, -0.05) is 37.5 Å². The van der Waals surface area contributed by atoms with Crippen molar-refractivity contribution in [2.75, 3.05) is 19.6 Å². The summed E-state index contributed by atoms with van der Waals surface area (Å²) in [6, 6.07) is 9.96. The Hall–Kier alpha value is -2.14. The highest BCUT2D eigenvalue weighted by Crippen LogP contribution is 2.27. The average Bonchev–Trinajstić information content (AvgIpc) is 2.80. The largest absolute Gasteiger partial charge is 0.338 e. The lowest BCUT2D eigenvalue weighted by atomic mass is 9.87. The minimum atomic E-state index is 0.0111. The molecular formula is C25H35N3O2. The number of amides is 1. The van der Waals surface area contributed by atoms with Crippen LogP contribution in [0.5, 0.6) is 0 Å². The van der Waals surface area contributed by atoms with Crippen LogP contribution in [0.2, 0.25) is 0 Å². The first-order valence-corrected chi connectivity index (χ1v) is 11.7. The number of hydrogen-bond acceptors (Lipinski definition) is 3. The van der Waals surface area contributed by atoms with Crippen molar-refractivity contribution in [3.05, 3.63) is 46.2 Å². The molecule has 2 fully saturated rings. The molecule has 1 aromatic carbocycles. The van der Waals surface area contributed by atoms with E-state index in [1.165, 1.54) is 19.3 Å². The van der Waals surface area contributed by atoms with Crippen LogP contribution < -0.4 is 10.9 Å². The quantitative estimate of drug-likeness (QED) is 0.789. The van der Waals surface area contributed by atoms with E-state index in [0.717, 1.165) is 68.2 Å². The van der Waals surface area contributed by atoms with Gasteiger partial charge in [0.15, 0.2) is 0 Å². The molecule has 5 heteroatoms. The SMILES string of the molecule is Cn1c(=O)c(CN(CCC2CCNCC2)C(=O)C2CCCCC2)cc2ccccc21. The summed E-state index contributed by atoms with van der Waals surface area (Å²) in [5, 5.41) is 4.48. The summed E-state index contributed by atoms with van der Waals surface area (Å²) < 4.78 is 1.72. The van der Waals surface area contributed by atoms with E-state index in [-0.39, 0.29) is 17.4 Å². The number of fused-ring (bicyclic) bond motifs is 1. The van der Waals surface area contributed by atoms with Crippen LogP contribution in [-0.2, 0) is 18.4 Å². The van der Waals surface area contributed by atoms with Gasteiger partial charge >= 0.3 is 0 Å². The summed E-state index contributed by atoms with van der Waals surface area (Å²) >= 11 is 0. The average molecular weight is 410 g/mol. The maximum absolute atomic E-state index is 13.4. The third kappa shape index (κ3) is 4.77. The minimum Gasteiger partial charge on any atom is -0.338 e. The van der Waals surface area contributed by atoms with Gasteiger partial charge in [0.2, 0.25) is 5.91 Å². The molecule has 1 saturated carbocycles. The zero-order valence-corrected chi connectivity index (χ0v) is 18.2. The summed E-state index contributed by atoms with van der Waals surface area (Å²) in [6.07, 6.45) is 8.94. The number of carbonyl (C=O) groups is 1. The molecule has 2 aromatic rings. The summed E-state index contributed by atoms with van der Waals surface area (Å²) in [4.78, 5) is 28.5. The molecule has 4 rings (SSSR count). The van der Waals surface area contributed by atoms with E-state index in [4.69, 9.17) is 0 Å². The van der Waals surface area contributed by atoms with Crippen molar-refractivity contribution in [2.24, 2.45) is 18.9 Å². The second kappa shape index (κ2) is 9.78. The predicted molar refractivity (Wildman–Crippen MR) is 121 cm³/mol. The Balaban J connectivity index is 1.56.